The minimum Gasteiger partial charge on any atom is -0.383 e. The number of nitrogens with one attached hydrogen (secondary N) is 1. The number of carbonyl (C=O) groups excluding carboxylic acids is 1. The van der Waals surface area contributed by atoms with Crippen molar-refractivity contribution in [1.29, 1.82) is 0 Å². The van der Waals surface area contributed by atoms with E-state index in [0.717, 1.165) is 16.9 Å². The molecule has 1 amide bonds. The van der Waals surface area contributed by atoms with E-state index in [4.69, 9.17) is 4.74 Å². The average molecular weight is 444 g/mol. The lowest BCUT2D eigenvalue weighted by atomic mass is 9.97. The summed E-state index contributed by atoms with van der Waals surface area (Å²) >= 11 is 3.33. The minimum atomic E-state index is -0.462. The van der Waals surface area contributed by atoms with Gasteiger partial charge in [0.1, 0.15) is 5.69 Å². The number of hydrogen-bond acceptors (Lipinski definition) is 7. The number of fused-ring (bicyclic) bond motifs is 1. The van der Waals surface area contributed by atoms with Crippen molar-refractivity contribution < 1.29 is 14.5 Å². The highest BCUT2D eigenvalue weighted by atomic mass is 32.1. The summed E-state index contributed by atoms with van der Waals surface area (Å²) in [5.74, 6) is -0.197. The van der Waals surface area contributed by atoms with Crippen molar-refractivity contribution in [2.75, 3.05) is 32.1 Å². The van der Waals surface area contributed by atoms with Crippen molar-refractivity contribution in [3.05, 3.63) is 78.2 Å². The number of rotatable bonds is 7. The maximum atomic E-state index is 13.5. The van der Waals surface area contributed by atoms with Gasteiger partial charge >= 0.3 is 0 Å². The van der Waals surface area contributed by atoms with E-state index in [9.17, 15) is 14.9 Å². The molecule has 0 saturated heterocycles. The summed E-state index contributed by atoms with van der Waals surface area (Å²) in [7, 11) is 1.57. The third kappa shape index (κ3) is 3.96. The van der Waals surface area contributed by atoms with Gasteiger partial charge in [0.2, 0.25) is 0 Å². The molecule has 1 atom stereocenters. The summed E-state index contributed by atoms with van der Waals surface area (Å²) in [6.07, 6.45) is 0.791. The van der Waals surface area contributed by atoms with Crippen molar-refractivity contribution in [2.24, 2.45) is 0 Å². The summed E-state index contributed by atoms with van der Waals surface area (Å²) in [6.45, 7) is 1.45. The first-order valence-corrected chi connectivity index (χ1v) is 11.3. The summed E-state index contributed by atoms with van der Waals surface area (Å²) < 4.78 is 4.98. The zero-order valence-corrected chi connectivity index (χ0v) is 18.0. The maximum Gasteiger partial charge on any atom is 0.293 e. The largest absolute Gasteiger partial charge is 0.383 e. The Morgan fingerprint density at radius 3 is 2.90 bits per heavy atom. The number of thiophene rings is 2. The molecule has 2 aromatic heterocycles. The molecule has 0 bridgehead atoms. The molecule has 0 saturated carbocycles. The number of nitrogens with zero attached hydrogens (tertiary/aromatic N) is 2. The Balaban J connectivity index is 1.66. The lowest BCUT2D eigenvalue weighted by molar-refractivity contribution is -0.384. The molecule has 1 aliphatic heterocycles. The Hall–Kier alpha value is -2.75. The van der Waals surface area contributed by atoms with E-state index in [1.165, 1.54) is 10.9 Å². The van der Waals surface area contributed by atoms with E-state index >= 15 is 0 Å². The van der Waals surface area contributed by atoms with E-state index < -0.39 is 4.92 Å². The standard InChI is InChI=1S/C21H21N3O4S2/c1-28-10-8-22-16-5-4-14(13-17(16)24(26)27)21(25)23-9-6-18-15(7-12-30-18)20(23)19-3-2-11-29-19/h2-5,7,11-13,20,22H,6,8-10H2,1H3. The van der Waals surface area contributed by atoms with E-state index in [1.54, 1.807) is 41.9 Å². The van der Waals surface area contributed by atoms with Crippen LogP contribution in [0.25, 0.3) is 0 Å². The number of ether oxygens (including phenoxy) is 1. The molecule has 30 heavy (non-hydrogen) atoms. The van der Waals surface area contributed by atoms with Gasteiger partial charge in [-0.2, -0.15) is 0 Å². The number of anilines is 1. The molecule has 1 N–H and O–H groups in total. The van der Waals surface area contributed by atoms with Crippen LogP contribution in [0, 0.1) is 10.1 Å². The maximum absolute atomic E-state index is 13.5. The molecule has 1 aliphatic rings. The average Bonchev–Trinajstić information content (AvgIpc) is 3.44. The van der Waals surface area contributed by atoms with Gasteiger partial charge in [0.15, 0.2) is 0 Å². The van der Waals surface area contributed by atoms with Crippen LogP contribution in [-0.4, -0.2) is 42.5 Å². The van der Waals surface area contributed by atoms with Crippen LogP contribution in [0.5, 0.6) is 0 Å². The second-order valence-corrected chi connectivity index (χ2v) is 8.85. The summed E-state index contributed by atoms with van der Waals surface area (Å²) in [4.78, 5) is 28.8. The lowest BCUT2D eigenvalue weighted by Gasteiger charge is -2.35. The first-order chi connectivity index (χ1) is 14.6. The van der Waals surface area contributed by atoms with Gasteiger partial charge in [0, 0.05) is 41.6 Å². The predicted molar refractivity (Wildman–Crippen MR) is 119 cm³/mol. The molecule has 0 radical (unpaired) electrons. The Morgan fingerprint density at radius 1 is 1.30 bits per heavy atom. The molecule has 3 heterocycles. The molecule has 7 nitrogen and oxygen atoms in total. The van der Waals surface area contributed by atoms with Gasteiger partial charge in [0.25, 0.3) is 11.6 Å². The highest BCUT2D eigenvalue weighted by Gasteiger charge is 2.34. The number of benzene rings is 1. The van der Waals surface area contributed by atoms with E-state index in [0.29, 0.717) is 30.9 Å². The second kappa shape index (κ2) is 8.95. The highest BCUT2D eigenvalue weighted by Crippen LogP contribution is 2.40. The normalized spacial score (nSPS) is 15.6. The van der Waals surface area contributed by atoms with Crippen LogP contribution in [0.4, 0.5) is 11.4 Å². The fourth-order valence-electron chi connectivity index (χ4n) is 3.71. The molecule has 0 fully saturated rings. The van der Waals surface area contributed by atoms with Crippen LogP contribution in [0.15, 0.2) is 47.2 Å². The Morgan fingerprint density at radius 2 is 2.17 bits per heavy atom. The van der Waals surface area contributed by atoms with Crippen LogP contribution >= 0.6 is 22.7 Å². The highest BCUT2D eigenvalue weighted by molar-refractivity contribution is 7.10. The van der Waals surface area contributed by atoms with Crippen molar-refractivity contribution in [3.8, 4) is 0 Å². The number of hydrogen-bond donors (Lipinski definition) is 1. The van der Waals surface area contributed by atoms with E-state index in [2.05, 4.69) is 16.8 Å². The molecule has 0 spiro atoms. The van der Waals surface area contributed by atoms with Gasteiger partial charge in [-0.25, -0.2) is 0 Å². The Labute approximate surface area is 182 Å². The Bertz CT molecular complexity index is 1050. The first-order valence-electron chi connectivity index (χ1n) is 9.52. The third-order valence-electron chi connectivity index (χ3n) is 5.10. The van der Waals surface area contributed by atoms with Crippen molar-refractivity contribution in [3.63, 3.8) is 0 Å². The van der Waals surface area contributed by atoms with Crippen LogP contribution in [0.3, 0.4) is 0 Å². The monoisotopic (exact) mass is 443 g/mol. The summed E-state index contributed by atoms with van der Waals surface area (Å²) in [5.41, 5.74) is 1.73. The second-order valence-electron chi connectivity index (χ2n) is 6.87. The quantitative estimate of drug-likeness (QED) is 0.329. The zero-order chi connectivity index (χ0) is 21.1. The molecular weight excluding hydrogens is 422 g/mol. The molecule has 9 heteroatoms. The van der Waals surface area contributed by atoms with Crippen molar-refractivity contribution >= 4 is 40.0 Å². The van der Waals surface area contributed by atoms with Crippen molar-refractivity contribution in [1.82, 2.24) is 4.90 Å². The van der Waals surface area contributed by atoms with Gasteiger partial charge < -0.3 is 15.0 Å². The van der Waals surface area contributed by atoms with Gasteiger partial charge in [-0.3, -0.25) is 14.9 Å². The molecule has 1 unspecified atom stereocenters. The van der Waals surface area contributed by atoms with Crippen LogP contribution < -0.4 is 5.32 Å². The number of amides is 1. The Kier molecular flexibility index (Phi) is 6.12. The SMILES string of the molecule is COCCNc1ccc(C(=O)N2CCc3sccc3C2c2cccs2)cc1[N+](=O)[O-]. The van der Waals surface area contributed by atoms with Gasteiger partial charge in [-0.15, -0.1) is 22.7 Å². The zero-order valence-electron chi connectivity index (χ0n) is 16.4. The molecule has 3 aromatic rings. The van der Waals surface area contributed by atoms with Gasteiger partial charge in [-0.05, 0) is 47.0 Å². The van der Waals surface area contributed by atoms with Crippen LogP contribution in [0.2, 0.25) is 0 Å². The summed E-state index contributed by atoms with van der Waals surface area (Å²) in [6, 6.07) is 10.6. The minimum absolute atomic E-state index is 0.113. The van der Waals surface area contributed by atoms with Crippen LogP contribution in [-0.2, 0) is 11.2 Å². The molecule has 156 valence electrons. The van der Waals surface area contributed by atoms with Crippen LogP contribution in [0.1, 0.15) is 31.7 Å². The van der Waals surface area contributed by atoms with E-state index in [-0.39, 0.29) is 17.6 Å². The lowest BCUT2D eigenvalue weighted by Crippen LogP contribution is -2.39. The molecule has 4 rings (SSSR count). The summed E-state index contributed by atoms with van der Waals surface area (Å²) in [5, 5.41) is 18.7. The number of nitro groups is 1. The molecule has 0 aliphatic carbocycles. The predicted octanol–water partition coefficient (Wildman–Crippen LogP) is 4.56. The smallest absolute Gasteiger partial charge is 0.293 e. The third-order valence-corrected chi connectivity index (χ3v) is 7.02. The topological polar surface area (TPSA) is 84.7 Å². The van der Waals surface area contributed by atoms with Gasteiger partial charge in [0.05, 0.1) is 17.6 Å². The fraction of sp³-hybridized carbons (Fsp3) is 0.286. The number of nitro benzene ring substituents is 1. The number of carbonyl (C=O) groups is 1. The molecular formula is C21H21N3O4S2. The van der Waals surface area contributed by atoms with Gasteiger partial charge in [-0.1, -0.05) is 6.07 Å². The number of methoxy groups -OCH3 is 1. The van der Waals surface area contributed by atoms with Crippen molar-refractivity contribution in [2.45, 2.75) is 12.5 Å². The fourth-order valence-corrected chi connectivity index (χ4v) is 5.47. The van der Waals surface area contributed by atoms with E-state index in [1.807, 2.05) is 22.4 Å². The molecule has 1 aromatic carbocycles. The first kappa shape index (κ1) is 20.5.